The van der Waals surface area contributed by atoms with Crippen LogP contribution in [0.1, 0.15) is 63.7 Å². The van der Waals surface area contributed by atoms with Crippen molar-refractivity contribution in [3.8, 4) is 5.75 Å². The number of ether oxygens (including phenoxy) is 1. The Balaban J connectivity index is 0.00000228. The number of benzene rings is 1. The number of nitrogen functional groups attached to an aromatic ring is 1. The van der Waals surface area contributed by atoms with Crippen LogP contribution in [-0.4, -0.2) is 54.4 Å². The van der Waals surface area contributed by atoms with Gasteiger partial charge in [0.25, 0.3) is 5.91 Å². The van der Waals surface area contributed by atoms with E-state index >= 15 is 0 Å². The highest BCUT2D eigenvalue weighted by Crippen LogP contribution is 2.37. The van der Waals surface area contributed by atoms with Crippen LogP contribution < -0.4 is 26.4 Å². The van der Waals surface area contributed by atoms with Gasteiger partial charge in [-0.05, 0) is 43.0 Å². The zero-order chi connectivity index (χ0) is 24.1. The van der Waals surface area contributed by atoms with E-state index in [4.69, 9.17) is 21.2 Å². The molecule has 0 spiro atoms. The first-order valence-electron chi connectivity index (χ1n) is 11.8. The molecule has 1 atom stereocenters. The van der Waals surface area contributed by atoms with Gasteiger partial charge in [0, 0.05) is 31.1 Å². The Morgan fingerprint density at radius 2 is 1.92 bits per heavy atom. The highest BCUT2D eigenvalue weighted by molar-refractivity contribution is 7.21. The van der Waals surface area contributed by atoms with Crippen molar-refractivity contribution in [2.75, 3.05) is 36.9 Å². The van der Waals surface area contributed by atoms with E-state index in [2.05, 4.69) is 23.2 Å². The largest absolute Gasteiger partial charge is 0.491 e. The number of anilines is 2. The van der Waals surface area contributed by atoms with E-state index < -0.39 is 12.0 Å². The number of carbonyl (C=O) groups excluding carboxylic acids is 1. The number of aliphatic hydroxyl groups excluding tert-OH is 1. The minimum atomic E-state index is -0.567. The highest BCUT2D eigenvalue weighted by Gasteiger charge is 2.24. The molecule has 1 amide bonds. The van der Waals surface area contributed by atoms with E-state index in [1.54, 1.807) is 0 Å². The molecule has 6 N–H and O–H groups in total. The fourth-order valence-electron chi connectivity index (χ4n) is 4.38. The molecule has 2 aromatic heterocycles. The summed E-state index contributed by atoms with van der Waals surface area (Å²) < 4.78 is 5.63. The highest BCUT2D eigenvalue weighted by atomic mass is 32.1. The molecule has 0 radical (unpaired) electrons. The summed E-state index contributed by atoms with van der Waals surface area (Å²) in [5.41, 5.74) is 13.3. The van der Waals surface area contributed by atoms with E-state index in [1.165, 1.54) is 11.3 Å². The second-order valence-corrected chi connectivity index (χ2v) is 9.73. The summed E-state index contributed by atoms with van der Waals surface area (Å²) in [6.07, 6.45) is 3.18. The number of aliphatic hydroxyl groups is 1. The van der Waals surface area contributed by atoms with Crippen LogP contribution in [0, 0.1) is 0 Å². The van der Waals surface area contributed by atoms with Crippen LogP contribution in [0.15, 0.2) is 36.4 Å². The summed E-state index contributed by atoms with van der Waals surface area (Å²) in [5.74, 6) is 1.17. The Morgan fingerprint density at radius 3 is 2.54 bits per heavy atom. The van der Waals surface area contributed by atoms with Crippen LogP contribution in [0.25, 0.3) is 10.2 Å². The summed E-state index contributed by atoms with van der Waals surface area (Å²) in [4.78, 5) is 20.1. The molecule has 206 valence electrons. The summed E-state index contributed by atoms with van der Waals surface area (Å²) in [5, 5.41) is 14.6. The Morgan fingerprint density at radius 1 is 1.24 bits per heavy atom. The van der Waals surface area contributed by atoms with E-state index in [0.717, 1.165) is 66.1 Å². The number of hydrogen-bond acceptors (Lipinski definition) is 8. The second-order valence-electron chi connectivity index (χ2n) is 8.73. The van der Waals surface area contributed by atoms with Crippen LogP contribution in [0.2, 0.25) is 0 Å². The monoisotopic (exact) mass is 531 g/mol. The minimum absolute atomic E-state index is 0. The van der Waals surface area contributed by atoms with Gasteiger partial charge in [-0.25, -0.2) is 4.98 Å². The third kappa shape index (κ3) is 7.80. The van der Waals surface area contributed by atoms with Gasteiger partial charge in [0.05, 0.1) is 5.69 Å². The quantitative estimate of drug-likeness (QED) is 0.295. The lowest BCUT2D eigenvalue weighted by atomic mass is 10.0. The van der Waals surface area contributed by atoms with Crippen LogP contribution in [-0.2, 0) is 6.42 Å². The lowest BCUT2D eigenvalue weighted by molar-refractivity contribution is 0.100. The third-order valence-electron chi connectivity index (χ3n) is 6.16. The molecule has 0 saturated carbocycles. The van der Waals surface area contributed by atoms with Gasteiger partial charge in [0.15, 0.2) is 0 Å². The first kappa shape index (κ1) is 32.1. The molecule has 1 aliphatic rings. The standard InChI is InChI=1S/C25H33N5O3S.3CH4/c1-2-6-16-13-20(29-25-21(16)22(26)23(34-25)24(27)32)30-11-9-17(10-12-30)28-14-18(31)15-33-19-7-4-3-5-8-19;;;/h3-5,7-8,13,17-18,28,31H,2,6,9-12,14-15,26H2,1H3,(H2,27,32);3*1H4/t18-;;;/m0.../s1. The number of rotatable bonds is 10. The van der Waals surface area contributed by atoms with E-state index in [-0.39, 0.29) is 28.9 Å². The maximum Gasteiger partial charge on any atom is 0.260 e. The van der Waals surface area contributed by atoms with Gasteiger partial charge in [-0.3, -0.25) is 4.79 Å². The molecule has 1 aliphatic heterocycles. The Kier molecular flexibility index (Phi) is 12.8. The molecule has 0 bridgehead atoms. The number of amides is 1. The molecule has 0 unspecified atom stereocenters. The first-order valence-corrected chi connectivity index (χ1v) is 12.6. The van der Waals surface area contributed by atoms with Crippen LogP contribution in [0.3, 0.4) is 0 Å². The molecule has 1 fully saturated rings. The molecule has 3 aromatic rings. The Labute approximate surface area is 226 Å². The number of carbonyl (C=O) groups is 1. The molecule has 4 rings (SSSR count). The zero-order valence-corrected chi connectivity index (χ0v) is 20.3. The van der Waals surface area contributed by atoms with Crippen molar-refractivity contribution in [3.63, 3.8) is 0 Å². The van der Waals surface area contributed by atoms with Crippen LogP contribution in [0.4, 0.5) is 11.5 Å². The molecular formula is C28H45N5O3S. The van der Waals surface area contributed by atoms with Crippen molar-refractivity contribution in [1.82, 2.24) is 10.3 Å². The molecular weight excluding hydrogens is 486 g/mol. The number of thiophene rings is 1. The summed E-state index contributed by atoms with van der Waals surface area (Å²) in [6, 6.07) is 12.0. The van der Waals surface area contributed by atoms with Gasteiger partial charge in [0.2, 0.25) is 0 Å². The van der Waals surface area contributed by atoms with Crippen molar-refractivity contribution >= 4 is 39.0 Å². The zero-order valence-electron chi connectivity index (χ0n) is 19.5. The molecule has 8 nitrogen and oxygen atoms in total. The maximum atomic E-state index is 11.8. The van der Waals surface area contributed by atoms with Crippen molar-refractivity contribution in [1.29, 1.82) is 0 Å². The number of nitrogens with two attached hydrogens (primary N) is 2. The average molecular weight is 532 g/mol. The van der Waals surface area contributed by atoms with Crippen molar-refractivity contribution in [2.24, 2.45) is 5.73 Å². The maximum absolute atomic E-state index is 11.8. The van der Waals surface area contributed by atoms with Crippen molar-refractivity contribution < 1.29 is 14.6 Å². The number of pyridine rings is 1. The van der Waals surface area contributed by atoms with Gasteiger partial charge in [0.1, 0.15) is 34.0 Å². The van der Waals surface area contributed by atoms with E-state index in [0.29, 0.717) is 23.2 Å². The normalized spacial score (nSPS) is 14.3. The molecule has 3 heterocycles. The number of fused-ring (bicyclic) bond motifs is 1. The van der Waals surface area contributed by atoms with Gasteiger partial charge >= 0.3 is 0 Å². The average Bonchev–Trinajstić information content (AvgIpc) is 3.19. The van der Waals surface area contributed by atoms with Crippen molar-refractivity contribution in [2.45, 2.75) is 67.0 Å². The number of aryl methyl sites for hydroxylation is 1. The molecule has 0 aliphatic carbocycles. The van der Waals surface area contributed by atoms with Gasteiger partial charge in [-0.2, -0.15) is 0 Å². The fraction of sp³-hybridized carbons (Fsp3) is 0.500. The Bertz CT molecular complexity index is 1110. The number of aromatic nitrogens is 1. The molecule has 37 heavy (non-hydrogen) atoms. The minimum Gasteiger partial charge on any atom is -0.491 e. The fourth-order valence-corrected chi connectivity index (χ4v) is 5.37. The number of hydrogen-bond donors (Lipinski definition) is 4. The lowest BCUT2D eigenvalue weighted by Crippen LogP contribution is -2.45. The predicted octanol–water partition coefficient (Wildman–Crippen LogP) is 4.84. The lowest BCUT2D eigenvalue weighted by Gasteiger charge is -2.34. The summed E-state index contributed by atoms with van der Waals surface area (Å²) >= 11 is 1.28. The van der Waals surface area contributed by atoms with Gasteiger partial charge in [-0.15, -0.1) is 11.3 Å². The van der Waals surface area contributed by atoms with Crippen LogP contribution >= 0.6 is 11.3 Å². The summed E-state index contributed by atoms with van der Waals surface area (Å²) in [6.45, 7) is 4.60. The number of nitrogens with zero attached hydrogens (tertiary/aromatic N) is 2. The number of piperidine rings is 1. The first-order chi connectivity index (χ1) is 16.5. The second kappa shape index (κ2) is 14.8. The van der Waals surface area contributed by atoms with E-state index in [9.17, 15) is 9.90 Å². The molecule has 1 aromatic carbocycles. The number of para-hydroxylation sites is 1. The smallest absolute Gasteiger partial charge is 0.260 e. The molecule has 1 saturated heterocycles. The van der Waals surface area contributed by atoms with Crippen molar-refractivity contribution in [3.05, 3.63) is 46.8 Å². The van der Waals surface area contributed by atoms with Gasteiger partial charge in [-0.1, -0.05) is 53.8 Å². The number of nitrogens with one attached hydrogen (secondary N) is 1. The molecule has 9 heteroatoms. The van der Waals surface area contributed by atoms with Crippen LogP contribution in [0.5, 0.6) is 5.75 Å². The van der Waals surface area contributed by atoms with E-state index in [1.807, 2.05) is 30.3 Å². The summed E-state index contributed by atoms with van der Waals surface area (Å²) in [7, 11) is 0. The third-order valence-corrected chi connectivity index (χ3v) is 7.27. The number of primary amides is 1. The SMILES string of the molecule is C.C.C.CCCc1cc(N2CCC(NC[C@H](O)COc3ccccc3)CC2)nc2sc(C(N)=O)c(N)c12. The Hall–Kier alpha value is -2.88. The predicted molar refractivity (Wildman–Crippen MR) is 158 cm³/mol. The topological polar surface area (TPSA) is 127 Å². The van der Waals surface area contributed by atoms with Gasteiger partial charge < -0.3 is 31.5 Å².